The molecule has 2 aromatic heterocycles. The zero-order valence-corrected chi connectivity index (χ0v) is 14.7. The molecule has 3 aromatic rings. The van der Waals surface area contributed by atoms with Gasteiger partial charge >= 0.3 is 0 Å². The number of amides is 1. The van der Waals surface area contributed by atoms with Crippen LogP contribution in [-0.2, 0) is 11.2 Å². The molecule has 1 N–H and O–H groups in total. The highest BCUT2D eigenvalue weighted by Crippen LogP contribution is 2.26. The number of piperidine rings is 1. The Morgan fingerprint density at radius 3 is 2.67 bits per heavy atom. The first kappa shape index (κ1) is 16.9. The van der Waals surface area contributed by atoms with Crippen molar-refractivity contribution < 1.29 is 4.79 Å². The maximum Gasteiger partial charge on any atom is 0.232 e. The second kappa shape index (κ2) is 7.38. The van der Waals surface area contributed by atoms with Crippen LogP contribution in [-0.4, -0.2) is 32.6 Å². The fourth-order valence-corrected chi connectivity index (χ4v) is 3.36. The number of anilines is 1. The average molecular weight is 358 g/mol. The van der Waals surface area contributed by atoms with Crippen molar-refractivity contribution in [2.24, 2.45) is 5.92 Å². The predicted molar refractivity (Wildman–Crippen MR) is 99.6 cm³/mol. The van der Waals surface area contributed by atoms with Gasteiger partial charge in [0.15, 0.2) is 5.82 Å². The summed E-state index contributed by atoms with van der Waals surface area (Å²) in [5.74, 6) is 1.06. The second-order valence-corrected chi connectivity index (χ2v) is 6.57. The summed E-state index contributed by atoms with van der Waals surface area (Å²) in [7, 11) is 0. The van der Waals surface area contributed by atoms with Crippen molar-refractivity contribution in [2.75, 3.05) is 11.4 Å². The number of rotatable bonds is 4. The third-order valence-corrected chi connectivity index (χ3v) is 4.80. The Kier molecular flexibility index (Phi) is 4.62. The molecule has 0 spiro atoms. The van der Waals surface area contributed by atoms with Gasteiger partial charge in [-0.3, -0.25) is 14.7 Å². The van der Waals surface area contributed by atoms with Crippen molar-refractivity contribution in [2.45, 2.75) is 19.3 Å². The lowest BCUT2D eigenvalue weighted by molar-refractivity contribution is -0.123. The van der Waals surface area contributed by atoms with Crippen molar-refractivity contribution in [1.29, 1.82) is 5.26 Å². The highest BCUT2D eigenvalue weighted by molar-refractivity contribution is 5.94. The van der Waals surface area contributed by atoms with Crippen LogP contribution in [0, 0.1) is 17.2 Å². The lowest BCUT2D eigenvalue weighted by Gasteiger charge is -2.30. The van der Waals surface area contributed by atoms with E-state index in [2.05, 4.69) is 26.2 Å². The molecule has 1 amide bonds. The quantitative estimate of drug-likeness (QED) is 0.773. The van der Waals surface area contributed by atoms with E-state index in [0.717, 1.165) is 24.0 Å². The van der Waals surface area contributed by atoms with Crippen LogP contribution in [0.3, 0.4) is 0 Å². The zero-order chi connectivity index (χ0) is 18.6. The van der Waals surface area contributed by atoms with Gasteiger partial charge in [-0.1, -0.05) is 12.1 Å². The molecule has 27 heavy (non-hydrogen) atoms. The van der Waals surface area contributed by atoms with E-state index in [-0.39, 0.29) is 11.8 Å². The Morgan fingerprint density at radius 2 is 1.93 bits per heavy atom. The summed E-state index contributed by atoms with van der Waals surface area (Å²) >= 11 is 0. The van der Waals surface area contributed by atoms with E-state index in [9.17, 15) is 4.79 Å². The predicted octanol–water partition coefficient (Wildman–Crippen LogP) is 2.72. The Labute approximate surface area is 156 Å². The van der Waals surface area contributed by atoms with E-state index in [1.165, 1.54) is 0 Å². The molecule has 1 aromatic carbocycles. The van der Waals surface area contributed by atoms with Crippen LogP contribution >= 0.6 is 0 Å². The molecule has 1 atom stereocenters. The fourth-order valence-electron chi connectivity index (χ4n) is 3.36. The Hall–Kier alpha value is -3.53. The number of carbonyl (C=O) groups excluding carboxylic acids is 1. The smallest absolute Gasteiger partial charge is 0.232 e. The van der Waals surface area contributed by atoms with Crippen LogP contribution in [0.4, 0.5) is 5.95 Å². The number of H-pyrrole nitrogens is 1. The molecule has 0 bridgehead atoms. The number of aromatic amines is 1. The molecule has 0 aliphatic carbocycles. The first-order valence-corrected chi connectivity index (χ1v) is 8.88. The molecule has 0 saturated carbocycles. The second-order valence-electron chi connectivity index (χ2n) is 6.57. The van der Waals surface area contributed by atoms with Gasteiger partial charge in [0.2, 0.25) is 11.9 Å². The fraction of sp³-hybridized carbons (Fsp3) is 0.250. The third-order valence-electron chi connectivity index (χ3n) is 4.80. The number of benzene rings is 1. The van der Waals surface area contributed by atoms with Crippen LogP contribution in [0.2, 0.25) is 0 Å². The van der Waals surface area contributed by atoms with Crippen LogP contribution in [0.5, 0.6) is 0 Å². The van der Waals surface area contributed by atoms with Crippen LogP contribution in [0.15, 0.2) is 48.8 Å². The number of nitriles is 1. The number of pyridine rings is 1. The molecule has 134 valence electrons. The van der Waals surface area contributed by atoms with Gasteiger partial charge in [-0.05, 0) is 49.1 Å². The van der Waals surface area contributed by atoms with Gasteiger partial charge in [-0.2, -0.15) is 5.26 Å². The largest absolute Gasteiger partial charge is 0.307 e. The van der Waals surface area contributed by atoms with Gasteiger partial charge in [-0.15, -0.1) is 10.2 Å². The van der Waals surface area contributed by atoms with Gasteiger partial charge in [0, 0.05) is 30.4 Å². The van der Waals surface area contributed by atoms with E-state index in [1.54, 1.807) is 29.4 Å². The van der Waals surface area contributed by atoms with Crippen LogP contribution in [0.25, 0.3) is 11.4 Å². The average Bonchev–Trinajstić information content (AvgIpc) is 3.21. The lowest BCUT2D eigenvalue weighted by Crippen LogP contribution is -2.42. The summed E-state index contributed by atoms with van der Waals surface area (Å²) < 4.78 is 0. The molecule has 7 heteroatoms. The van der Waals surface area contributed by atoms with E-state index in [4.69, 9.17) is 5.26 Å². The number of aromatic nitrogens is 4. The molecule has 4 rings (SSSR count). The van der Waals surface area contributed by atoms with Gasteiger partial charge in [0.05, 0.1) is 11.6 Å². The SMILES string of the molecule is N#Cc1ccc(C[C@H]2CCCN(c3nnc(-c4ccncc4)[nH]3)C2=O)cc1. The molecule has 3 heterocycles. The number of nitrogens with one attached hydrogen (secondary N) is 1. The molecule has 0 radical (unpaired) electrons. The van der Waals surface area contributed by atoms with Crippen molar-refractivity contribution in [1.82, 2.24) is 20.2 Å². The standard InChI is InChI=1S/C20H18N6O/c21-13-15-5-3-14(4-6-15)12-17-2-1-11-26(19(17)27)20-23-18(24-25-20)16-7-9-22-10-8-16/h3-10,17H,1-2,11-12H2,(H,23,24,25)/t17-/m1/s1. The topological polar surface area (TPSA) is 98.6 Å². The first-order chi connectivity index (χ1) is 13.2. The zero-order valence-electron chi connectivity index (χ0n) is 14.7. The Balaban J connectivity index is 1.50. The maximum absolute atomic E-state index is 13.0. The van der Waals surface area contributed by atoms with Crippen molar-refractivity contribution >= 4 is 11.9 Å². The highest BCUT2D eigenvalue weighted by atomic mass is 16.2. The van der Waals surface area contributed by atoms with Crippen LogP contribution < -0.4 is 4.90 Å². The summed E-state index contributed by atoms with van der Waals surface area (Å²) in [5, 5.41) is 17.2. The summed E-state index contributed by atoms with van der Waals surface area (Å²) in [6, 6.07) is 13.2. The van der Waals surface area contributed by atoms with Gasteiger partial charge in [-0.25, -0.2) is 0 Å². The summed E-state index contributed by atoms with van der Waals surface area (Å²) in [5.41, 5.74) is 2.56. The minimum Gasteiger partial charge on any atom is -0.307 e. The lowest BCUT2D eigenvalue weighted by atomic mass is 9.90. The minimum absolute atomic E-state index is 0.0584. The van der Waals surface area contributed by atoms with Crippen molar-refractivity contribution in [3.8, 4) is 17.5 Å². The number of hydrogen-bond acceptors (Lipinski definition) is 5. The minimum atomic E-state index is -0.0961. The summed E-state index contributed by atoms with van der Waals surface area (Å²) in [6.45, 7) is 0.633. The van der Waals surface area contributed by atoms with Crippen molar-refractivity contribution in [3.63, 3.8) is 0 Å². The monoisotopic (exact) mass is 358 g/mol. The highest BCUT2D eigenvalue weighted by Gasteiger charge is 2.31. The normalized spacial score (nSPS) is 16.9. The van der Waals surface area contributed by atoms with E-state index in [1.807, 2.05) is 24.3 Å². The molecule has 1 aliphatic rings. The van der Waals surface area contributed by atoms with E-state index in [0.29, 0.717) is 30.3 Å². The number of nitrogens with zero attached hydrogens (tertiary/aromatic N) is 5. The Morgan fingerprint density at radius 1 is 1.15 bits per heavy atom. The van der Waals surface area contributed by atoms with Gasteiger partial charge in [0.25, 0.3) is 0 Å². The maximum atomic E-state index is 13.0. The first-order valence-electron chi connectivity index (χ1n) is 8.88. The Bertz CT molecular complexity index is 974. The third kappa shape index (κ3) is 3.55. The summed E-state index contributed by atoms with van der Waals surface area (Å²) in [6.07, 6.45) is 5.80. The van der Waals surface area contributed by atoms with Crippen LogP contribution in [0.1, 0.15) is 24.0 Å². The molecule has 0 unspecified atom stereocenters. The van der Waals surface area contributed by atoms with E-state index >= 15 is 0 Å². The van der Waals surface area contributed by atoms with E-state index < -0.39 is 0 Å². The van der Waals surface area contributed by atoms with Gasteiger partial charge in [0.1, 0.15) is 0 Å². The molecule has 1 aliphatic heterocycles. The molecular formula is C20H18N6O. The van der Waals surface area contributed by atoms with Crippen molar-refractivity contribution in [3.05, 3.63) is 59.9 Å². The molecule has 1 saturated heterocycles. The molecule has 1 fully saturated rings. The van der Waals surface area contributed by atoms with Gasteiger partial charge < -0.3 is 4.98 Å². The number of carbonyl (C=O) groups is 1. The number of hydrogen-bond donors (Lipinski definition) is 1. The molecule has 7 nitrogen and oxygen atoms in total. The molecular weight excluding hydrogens is 340 g/mol. The summed E-state index contributed by atoms with van der Waals surface area (Å²) in [4.78, 5) is 21.8.